The van der Waals surface area contributed by atoms with Crippen LogP contribution in [0.15, 0.2) is 79.0 Å². The molecule has 3 rings (SSSR count). The molecule has 0 saturated carbocycles. The van der Waals surface area contributed by atoms with E-state index in [-0.39, 0.29) is 5.04 Å². The van der Waals surface area contributed by atoms with Crippen molar-refractivity contribution < 1.29 is 4.43 Å². The first kappa shape index (κ1) is 16.7. The molecule has 0 aliphatic heterocycles. The summed E-state index contributed by atoms with van der Waals surface area (Å²) in [5, 5.41) is 2.65. The maximum absolute atomic E-state index is 6.82. The van der Waals surface area contributed by atoms with E-state index in [2.05, 4.69) is 92.5 Å². The Balaban J connectivity index is 2.13. The molecule has 0 unspecified atom stereocenters. The minimum Gasteiger partial charge on any atom is -0.402 e. The summed E-state index contributed by atoms with van der Waals surface area (Å²) in [5.74, 6) is 0. The molecule has 0 fully saturated rings. The molecule has 0 aliphatic carbocycles. The summed E-state index contributed by atoms with van der Waals surface area (Å²) in [6.07, 6.45) is 1.95. The Bertz CT molecular complexity index is 706. The Hall–Kier alpha value is -2.10. The summed E-state index contributed by atoms with van der Waals surface area (Å²) in [7, 11) is -2.43. The zero-order chi connectivity index (χ0) is 17.0. The van der Waals surface area contributed by atoms with Crippen LogP contribution < -0.4 is 10.4 Å². The first-order chi connectivity index (χ1) is 11.5. The van der Waals surface area contributed by atoms with Crippen LogP contribution in [0, 0.1) is 0 Å². The van der Waals surface area contributed by atoms with Crippen LogP contribution in [-0.2, 0) is 11.0 Å². The number of hydrogen-bond acceptors (Lipinski definition) is 1. The molecule has 2 aromatic carbocycles. The molecule has 1 heterocycles. The summed E-state index contributed by atoms with van der Waals surface area (Å²) in [6.45, 7) is 7.50. The molecule has 24 heavy (non-hydrogen) atoms. The van der Waals surface area contributed by atoms with Gasteiger partial charge in [0.15, 0.2) is 0 Å². The van der Waals surface area contributed by atoms with Gasteiger partial charge in [-0.1, -0.05) is 81.4 Å². The third-order valence-electron chi connectivity index (χ3n) is 4.52. The van der Waals surface area contributed by atoms with Crippen molar-refractivity contribution >= 4 is 18.7 Å². The number of rotatable bonds is 5. The second-order valence-corrected chi connectivity index (χ2v) is 11.5. The minimum absolute atomic E-state index is 0.0162. The van der Waals surface area contributed by atoms with E-state index in [0.29, 0.717) is 6.61 Å². The number of benzene rings is 2. The molecule has 0 spiro atoms. The first-order valence-corrected chi connectivity index (χ1v) is 10.3. The summed E-state index contributed by atoms with van der Waals surface area (Å²) < 4.78 is 6.82. The van der Waals surface area contributed by atoms with E-state index in [0.717, 1.165) is 5.69 Å². The Morgan fingerprint density at radius 2 is 1.33 bits per heavy atom. The topological polar surface area (TPSA) is 25.0 Å². The number of aromatic nitrogens is 1. The van der Waals surface area contributed by atoms with Crippen LogP contribution in [0.4, 0.5) is 0 Å². The van der Waals surface area contributed by atoms with Crippen LogP contribution in [0.2, 0.25) is 5.04 Å². The molecule has 2 nitrogen and oxygen atoms in total. The fraction of sp³-hybridized carbons (Fsp3) is 0.238. The van der Waals surface area contributed by atoms with Crippen LogP contribution in [-0.4, -0.2) is 13.3 Å². The maximum Gasteiger partial charge on any atom is 0.261 e. The van der Waals surface area contributed by atoms with Crippen LogP contribution in [0.5, 0.6) is 0 Å². The quantitative estimate of drug-likeness (QED) is 0.698. The van der Waals surface area contributed by atoms with Gasteiger partial charge in [-0.2, -0.15) is 0 Å². The number of H-pyrrole nitrogens is 1. The molecular weight excluding hydrogens is 310 g/mol. The van der Waals surface area contributed by atoms with E-state index in [9.17, 15) is 0 Å². The third kappa shape index (κ3) is 3.10. The van der Waals surface area contributed by atoms with Crippen molar-refractivity contribution in [3.63, 3.8) is 0 Å². The van der Waals surface area contributed by atoms with E-state index < -0.39 is 8.32 Å². The molecule has 0 saturated heterocycles. The van der Waals surface area contributed by atoms with Gasteiger partial charge < -0.3 is 9.41 Å². The van der Waals surface area contributed by atoms with Gasteiger partial charge in [-0.25, -0.2) is 0 Å². The second kappa shape index (κ2) is 6.79. The SMILES string of the molecule is CC(C)(C)[Si](OCc1ccc[nH]1)(c1ccccc1)c1ccccc1. The molecule has 0 amide bonds. The van der Waals surface area contributed by atoms with E-state index in [1.54, 1.807) is 0 Å². The summed E-state index contributed by atoms with van der Waals surface area (Å²) in [5.41, 5.74) is 1.11. The number of hydrogen-bond donors (Lipinski definition) is 1. The number of nitrogens with one attached hydrogen (secondary N) is 1. The van der Waals surface area contributed by atoms with Crippen molar-refractivity contribution in [2.75, 3.05) is 0 Å². The van der Waals surface area contributed by atoms with Crippen LogP contribution in [0.3, 0.4) is 0 Å². The first-order valence-electron chi connectivity index (χ1n) is 8.41. The lowest BCUT2D eigenvalue weighted by Gasteiger charge is -2.43. The zero-order valence-electron chi connectivity index (χ0n) is 14.6. The van der Waals surface area contributed by atoms with Crippen LogP contribution in [0.25, 0.3) is 0 Å². The lowest BCUT2D eigenvalue weighted by Crippen LogP contribution is -2.66. The van der Waals surface area contributed by atoms with E-state index in [1.807, 2.05) is 12.3 Å². The standard InChI is InChI=1S/C21H25NOSi/c1-21(2,3)24(19-12-6-4-7-13-19,20-14-8-5-9-15-20)23-17-18-11-10-16-22-18/h4-16,22H,17H2,1-3H3. The lowest BCUT2D eigenvalue weighted by molar-refractivity contribution is 0.282. The normalized spacial score (nSPS) is 12.3. The van der Waals surface area contributed by atoms with Crippen molar-refractivity contribution in [1.82, 2.24) is 4.98 Å². The van der Waals surface area contributed by atoms with Gasteiger partial charge in [0.25, 0.3) is 8.32 Å². The largest absolute Gasteiger partial charge is 0.402 e. The summed E-state index contributed by atoms with van der Waals surface area (Å²) in [4.78, 5) is 3.26. The molecule has 0 radical (unpaired) electrons. The third-order valence-corrected chi connectivity index (χ3v) is 9.51. The van der Waals surface area contributed by atoms with Crippen molar-refractivity contribution in [3.8, 4) is 0 Å². The minimum atomic E-state index is -2.43. The Kier molecular flexibility index (Phi) is 4.74. The average Bonchev–Trinajstić information content (AvgIpc) is 3.10. The van der Waals surface area contributed by atoms with Gasteiger partial charge in [0.2, 0.25) is 0 Å². The highest BCUT2D eigenvalue weighted by atomic mass is 28.4. The van der Waals surface area contributed by atoms with Gasteiger partial charge in [0.1, 0.15) is 0 Å². The van der Waals surface area contributed by atoms with E-state index in [4.69, 9.17) is 4.43 Å². The summed E-state index contributed by atoms with van der Waals surface area (Å²) in [6, 6.07) is 25.6. The van der Waals surface area contributed by atoms with E-state index in [1.165, 1.54) is 10.4 Å². The van der Waals surface area contributed by atoms with Crippen molar-refractivity contribution in [2.24, 2.45) is 0 Å². The monoisotopic (exact) mass is 335 g/mol. The van der Waals surface area contributed by atoms with Gasteiger partial charge in [-0.15, -0.1) is 0 Å². The van der Waals surface area contributed by atoms with Crippen molar-refractivity contribution in [3.05, 3.63) is 84.7 Å². The van der Waals surface area contributed by atoms with Crippen molar-refractivity contribution in [2.45, 2.75) is 32.4 Å². The van der Waals surface area contributed by atoms with Gasteiger partial charge in [0.05, 0.1) is 6.61 Å². The van der Waals surface area contributed by atoms with Crippen LogP contribution in [0.1, 0.15) is 26.5 Å². The molecule has 0 bridgehead atoms. The highest BCUT2D eigenvalue weighted by molar-refractivity contribution is 6.99. The Morgan fingerprint density at radius 3 is 1.75 bits per heavy atom. The summed E-state index contributed by atoms with van der Waals surface area (Å²) >= 11 is 0. The maximum atomic E-state index is 6.82. The van der Waals surface area contributed by atoms with Gasteiger partial charge in [-0.3, -0.25) is 0 Å². The second-order valence-electron chi connectivity index (χ2n) is 7.15. The highest BCUT2D eigenvalue weighted by Gasteiger charge is 2.50. The predicted octanol–water partition coefficient (Wildman–Crippen LogP) is 4.09. The zero-order valence-corrected chi connectivity index (χ0v) is 15.6. The van der Waals surface area contributed by atoms with Crippen LogP contribution >= 0.6 is 0 Å². The Morgan fingerprint density at radius 1 is 0.792 bits per heavy atom. The molecule has 124 valence electrons. The lowest BCUT2D eigenvalue weighted by atomic mass is 10.2. The molecule has 0 aliphatic rings. The smallest absolute Gasteiger partial charge is 0.261 e. The fourth-order valence-corrected chi connectivity index (χ4v) is 7.93. The molecule has 3 heteroatoms. The van der Waals surface area contributed by atoms with Gasteiger partial charge in [-0.05, 0) is 27.5 Å². The highest BCUT2D eigenvalue weighted by Crippen LogP contribution is 2.37. The number of aromatic amines is 1. The molecule has 0 atom stereocenters. The molecule has 1 aromatic heterocycles. The average molecular weight is 336 g/mol. The predicted molar refractivity (Wildman–Crippen MR) is 103 cm³/mol. The van der Waals surface area contributed by atoms with E-state index >= 15 is 0 Å². The molecular formula is C21H25NOSi. The Labute approximate surface area is 145 Å². The molecule has 3 aromatic rings. The molecule has 1 N–H and O–H groups in total. The van der Waals surface area contributed by atoms with Gasteiger partial charge >= 0.3 is 0 Å². The van der Waals surface area contributed by atoms with Gasteiger partial charge in [0, 0.05) is 11.9 Å². The fourth-order valence-electron chi connectivity index (χ4n) is 3.40. The van der Waals surface area contributed by atoms with Crippen molar-refractivity contribution in [1.29, 1.82) is 0 Å².